The zero-order chi connectivity index (χ0) is 23.8. The fraction of sp³-hybridized carbons (Fsp3) is 0.500. The van der Waals surface area contributed by atoms with Crippen LogP contribution in [0.15, 0.2) is 43.8 Å². The standard InChI is InChI=1S/C7H10N2.C5H9N2.2C2H7O4P/c1-3-4-7-8-5-6-9(7)2;1-6-3-4-7(2)5-6;2*1-5-7(3,4)6-2/h3,5-6H,1,4H2,2H3;3-5H,1-2H3;2*1-2H3,(H,3,4)/q;+1;;/p-1. The number of imidazole rings is 2. The van der Waals surface area contributed by atoms with Crippen molar-refractivity contribution in [3.05, 3.63) is 49.6 Å². The molecule has 14 heteroatoms. The van der Waals surface area contributed by atoms with Crippen LogP contribution in [0.3, 0.4) is 0 Å². The van der Waals surface area contributed by atoms with E-state index in [1.165, 1.54) is 5.82 Å². The molecule has 2 heterocycles. The molecule has 0 aliphatic heterocycles. The maximum Gasteiger partial charge on any atom is 0.267 e. The number of aryl methyl sites for hydroxylation is 3. The second-order valence-electron chi connectivity index (χ2n) is 5.38. The first-order valence-electron chi connectivity index (χ1n) is 8.33. The van der Waals surface area contributed by atoms with Gasteiger partial charge < -0.3 is 27.9 Å². The molecule has 0 aliphatic carbocycles. The normalized spacial score (nSPS) is 10.6. The van der Waals surface area contributed by atoms with E-state index in [1.54, 1.807) is 0 Å². The van der Waals surface area contributed by atoms with Gasteiger partial charge in [-0.15, -0.1) is 6.58 Å². The van der Waals surface area contributed by atoms with Gasteiger partial charge in [-0.2, -0.15) is 0 Å². The fourth-order valence-corrected chi connectivity index (χ4v) is 1.80. The van der Waals surface area contributed by atoms with E-state index in [-0.39, 0.29) is 0 Å². The van der Waals surface area contributed by atoms with Crippen LogP contribution in [0.2, 0.25) is 0 Å². The van der Waals surface area contributed by atoms with E-state index in [2.05, 4.69) is 29.7 Å². The van der Waals surface area contributed by atoms with Crippen molar-refractivity contribution in [3.63, 3.8) is 0 Å². The molecule has 0 radical (unpaired) electrons. The van der Waals surface area contributed by atoms with Crippen LogP contribution in [-0.4, -0.2) is 38.0 Å². The molecule has 0 amide bonds. The number of hydrogen-bond donors (Lipinski definition) is 1. The smallest absolute Gasteiger partial charge is 0.267 e. The van der Waals surface area contributed by atoms with Crippen molar-refractivity contribution in [3.8, 4) is 0 Å². The minimum atomic E-state index is -3.90. The molecule has 0 bridgehead atoms. The summed E-state index contributed by atoms with van der Waals surface area (Å²) in [5, 5.41) is 0. The third-order valence-electron chi connectivity index (χ3n) is 3.11. The third kappa shape index (κ3) is 16.2. The molecule has 2 rings (SSSR count). The van der Waals surface area contributed by atoms with Crippen molar-refractivity contribution in [2.75, 3.05) is 28.4 Å². The number of hydrogen-bond acceptors (Lipinski definition) is 8. The molecule has 0 fully saturated rings. The van der Waals surface area contributed by atoms with Gasteiger partial charge in [0.25, 0.3) is 21.5 Å². The molecule has 0 aromatic carbocycles. The second kappa shape index (κ2) is 16.1. The van der Waals surface area contributed by atoms with Crippen molar-refractivity contribution in [2.24, 2.45) is 21.1 Å². The van der Waals surface area contributed by atoms with Gasteiger partial charge in [0.05, 0.1) is 27.6 Å². The molecule has 0 saturated carbocycles. The summed E-state index contributed by atoms with van der Waals surface area (Å²) < 4.78 is 41.4. The Morgan fingerprint density at radius 2 is 1.53 bits per heavy atom. The van der Waals surface area contributed by atoms with E-state index in [0.29, 0.717) is 0 Å². The van der Waals surface area contributed by atoms with Crippen molar-refractivity contribution < 1.29 is 46.1 Å². The number of phosphoric acid groups is 2. The molecule has 2 aromatic heterocycles. The van der Waals surface area contributed by atoms with E-state index in [9.17, 15) is 18.9 Å². The predicted molar refractivity (Wildman–Crippen MR) is 106 cm³/mol. The average molecular weight is 470 g/mol. The van der Waals surface area contributed by atoms with Crippen LogP contribution in [0.25, 0.3) is 0 Å². The lowest BCUT2D eigenvalue weighted by molar-refractivity contribution is -0.677. The summed E-state index contributed by atoms with van der Waals surface area (Å²) in [5.74, 6) is 1.19. The largest absolute Gasteiger partial charge is 0.756 e. The molecule has 0 atom stereocenters. The van der Waals surface area contributed by atoms with E-state index in [1.807, 2.05) is 72.0 Å². The molecule has 0 spiro atoms. The number of aromatic amines is 1. The number of phosphoric ester groups is 2. The van der Waals surface area contributed by atoms with Crippen LogP contribution in [-0.2, 0) is 54.8 Å². The summed E-state index contributed by atoms with van der Waals surface area (Å²) in [6, 6.07) is 0. The monoisotopic (exact) mass is 470 g/mol. The Hall–Kier alpha value is -1.62. The lowest BCUT2D eigenvalue weighted by atomic mass is 10.4. The highest BCUT2D eigenvalue weighted by Crippen LogP contribution is 2.35. The Morgan fingerprint density at radius 1 is 1.07 bits per heavy atom. The Kier molecular flexibility index (Phi) is 16.4. The minimum Gasteiger partial charge on any atom is -0.756 e. The Bertz CT molecular complexity index is 752. The zero-order valence-corrected chi connectivity index (χ0v) is 20.2. The van der Waals surface area contributed by atoms with E-state index >= 15 is 0 Å². The molecule has 2 aromatic rings. The van der Waals surface area contributed by atoms with Crippen LogP contribution in [0.4, 0.5) is 0 Å². The van der Waals surface area contributed by atoms with E-state index in [0.717, 1.165) is 34.9 Å². The summed E-state index contributed by atoms with van der Waals surface area (Å²) in [6.07, 6.45) is 12.7. The van der Waals surface area contributed by atoms with Gasteiger partial charge in [0.1, 0.15) is 24.8 Å². The maximum absolute atomic E-state index is 9.95. The quantitative estimate of drug-likeness (QED) is 0.350. The summed E-state index contributed by atoms with van der Waals surface area (Å²) in [4.78, 5) is 23.0. The molecule has 0 aliphatic rings. The molecule has 0 saturated heterocycles. The third-order valence-corrected chi connectivity index (χ3v) is 4.90. The van der Waals surface area contributed by atoms with Crippen LogP contribution in [0.5, 0.6) is 0 Å². The molecular formula is C16H32N4O8P2. The first kappa shape index (κ1) is 30.6. The van der Waals surface area contributed by atoms with Crippen LogP contribution in [0, 0.1) is 0 Å². The zero-order valence-electron chi connectivity index (χ0n) is 18.4. The first-order valence-corrected chi connectivity index (χ1v) is 11.2. The lowest BCUT2D eigenvalue weighted by Gasteiger charge is -2.16. The van der Waals surface area contributed by atoms with E-state index in [4.69, 9.17) is 0 Å². The second-order valence-corrected chi connectivity index (χ2v) is 8.63. The molecule has 30 heavy (non-hydrogen) atoms. The van der Waals surface area contributed by atoms with Gasteiger partial charge in [-0.1, -0.05) is 6.08 Å². The van der Waals surface area contributed by atoms with Gasteiger partial charge in [0.2, 0.25) is 6.33 Å². The van der Waals surface area contributed by atoms with Gasteiger partial charge in [-0.05, 0) is 0 Å². The Labute approximate surface area is 177 Å². The SMILES string of the molecule is C=CCc1[nH]cc[n+]1C.COP(=O)([O-])OC.COP(=O)([O-])OC.Cn1cc[n+](C)c1. The first-order chi connectivity index (χ1) is 13.9. The fourth-order valence-electron chi connectivity index (χ4n) is 1.50. The Balaban J connectivity index is 0. The highest BCUT2D eigenvalue weighted by atomic mass is 31.2. The Morgan fingerprint density at radius 3 is 1.70 bits per heavy atom. The number of aromatic nitrogens is 4. The molecule has 174 valence electrons. The highest BCUT2D eigenvalue weighted by molar-refractivity contribution is 7.46. The number of allylic oxidation sites excluding steroid dienone is 1. The van der Waals surface area contributed by atoms with Gasteiger partial charge in [0.15, 0.2) is 0 Å². The predicted octanol–water partition coefficient (Wildman–Crippen LogP) is -0.0875. The van der Waals surface area contributed by atoms with Crippen LogP contribution in [0.1, 0.15) is 5.82 Å². The van der Waals surface area contributed by atoms with Crippen molar-refractivity contribution in [1.29, 1.82) is 0 Å². The number of rotatable bonds is 6. The molecule has 0 unspecified atom stereocenters. The van der Waals surface area contributed by atoms with Gasteiger partial charge in [-0.3, -0.25) is 9.13 Å². The highest BCUT2D eigenvalue weighted by Gasteiger charge is 2.01. The molecule has 1 N–H and O–H groups in total. The van der Waals surface area contributed by atoms with Crippen LogP contribution < -0.4 is 18.9 Å². The van der Waals surface area contributed by atoms with E-state index < -0.39 is 15.6 Å². The topological polar surface area (TPSA) is 146 Å². The summed E-state index contributed by atoms with van der Waals surface area (Å²) in [6.45, 7) is 3.64. The summed E-state index contributed by atoms with van der Waals surface area (Å²) in [7, 11) is 2.36. The summed E-state index contributed by atoms with van der Waals surface area (Å²) in [5.41, 5.74) is 0. The van der Waals surface area contributed by atoms with Crippen molar-refractivity contribution in [2.45, 2.75) is 6.42 Å². The summed E-state index contributed by atoms with van der Waals surface area (Å²) >= 11 is 0. The number of nitrogens with one attached hydrogen (secondary N) is 1. The maximum atomic E-state index is 9.95. The van der Waals surface area contributed by atoms with Crippen molar-refractivity contribution in [1.82, 2.24) is 9.55 Å². The van der Waals surface area contributed by atoms with Gasteiger partial charge in [-0.25, -0.2) is 18.7 Å². The lowest BCUT2D eigenvalue weighted by Crippen LogP contribution is -2.29. The van der Waals surface area contributed by atoms with Gasteiger partial charge in [0, 0.05) is 28.4 Å². The average Bonchev–Trinajstić information content (AvgIpc) is 3.30. The number of H-pyrrole nitrogens is 1. The van der Waals surface area contributed by atoms with Crippen molar-refractivity contribution >= 4 is 15.6 Å². The van der Waals surface area contributed by atoms with Gasteiger partial charge >= 0.3 is 0 Å². The van der Waals surface area contributed by atoms with Crippen LogP contribution >= 0.6 is 15.6 Å². The number of nitrogens with zero attached hydrogens (tertiary/aromatic N) is 3. The molecule has 12 nitrogen and oxygen atoms in total. The molecular weight excluding hydrogens is 438 g/mol. The minimum absolute atomic E-state index is 0.906.